The van der Waals surface area contributed by atoms with Crippen molar-refractivity contribution >= 4 is 17.4 Å². The fourth-order valence-corrected chi connectivity index (χ4v) is 2.37. The van der Waals surface area contributed by atoms with Crippen LogP contribution in [0.5, 0.6) is 0 Å². The molecule has 0 amide bonds. The van der Waals surface area contributed by atoms with Crippen molar-refractivity contribution in [3.8, 4) is 0 Å². The number of rotatable bonds is 4. The molecule has 0 aromatic carbocycles. The number of nitrogens with zero attached hydrogens (tertiary/aromatic N) is 2. The molecule has 94 valence electrons. The summed E-state index contributed by atoms with van der Waals surface area (Å²) >= 11 is 5.73. The van der Waals surface area contributed by atoms with Crippen molar-refractivity contribution in [2.75, 3.05) is 24.5 Å². The number of pyridine rings is 1. The molecule has 0 aliphatic carbocycles. The number of aromatic nitrogens is 1. The third-order valence-electron chi connectivity index (χ3n) is 3.00. The van der Waals surface area contributed by atoms with Crippen LogP contribution in [0.1, 0.15) is 19.8 Å². The van der Waals surface area contributed by atoms with Gasteiger partial charge < -0.3 is 10.2 Å². The maximum absolute atomic E-state index is 13.9. The van der Waals surface area contributed by atoms with Crippen LogP contribution in [0.15, 0.2) is 12.3 Å². The summed E-state index contributed by atoms with van der Waals surface area (Å²) in [6.07, 6.45) is 3.51. The quantitative estimate of drug-likeness (QED) is 0.898. The monoisotopic (exact) mass is 257 g/mol. The van der Waals surface area contributed by atoms with E-state index in [2.05, 4.69) is 17.2 Å². The van der Waals surface area contributed by atoms with Gasteiger partial charge in [-0.05, 0) is 25.5 Å². The molecule has 17 heavy (non-hydrogen) atoms. The topological polar surface area (TPSA) is 28.2 Å². The molecule has 2 rings (SSSR count). The van der Waals surface area contributed by atoms with Gasteiger partial charge in [0, 0.05) is 25.3 Å². The van der Waals surface area contributed by atoms with Gasteiger partial charge in [-0.1, -0.05) is 18.5 Å². The Hall–Kier alpha value is -0.870. The van der Waals surface area contributed by atoms with Crippen LogP contribution in [0.3, 0.4) is 0 Å². The minimum absolute atomic E-state index is 0.332. The van der Waals surface area contributed by atoms with E-state index in [9.17, 15) is 4.39 Å². The standard InChI is InChI=1S/C12H17ClFN3/c1-2-5-17(10-3-4-15-8-10)12-11(14)6-9(13)7-16-12/h6-7,10,15H,2-5,8H2,1H3. The third-order valence-corrected chi connectivity index (χ3v) is 3.21. The lowest BCUT2D eigenvalue weighted by Crippen LogP contribution is -2.38. The van der Waals surface area contributed by atoms with E-state index in [1.807, 2.05) is 4.90 Å². The molecule has 1 aromatic rings. The zero-order chi connectivity index (χ0) is 12.3. The van der Waals surface area contributed by atoms with Crippen molar-refractivity contribution in [2.24, 2.45) is 0 Å². The van der Waals surface area contributed by atoms with E-state index in [0.717, 1.165) is 32.5 Å². The highest BCUT2D eigenvalue weighted by atomic mass is 35.5. The van der Waals surface area contributed by atoms with E-state index >= 15 is 0 Å². The number of anilines is 1. The Balaban J connectivity index is 2.24. The second-order valence-corrected chi connectivity index (χ2v) is 4.74. The van der Waals surface area contributed by atoms with Crippen molar-refractivity contribution in [3.63, 3.8) is 0 Å². The van der Waals surface area contributed by atoms with Crippen LogP contribution in [0.25, 0.3) is 0 Å². The molecule has 1 aliphatic heterocycles. The Morgan fingerprint density at radius 1 is 1.65 bits per heavy atom. The summed E-state index contributed by atoms with van der Waals surface area (Å²) in [5.74, 6) is 0.0859. The molecule has 1 aromatic heterocycles. The predicted octanol–water partition coefficient (Wildman–Crippen LogP) is 2.45. The maximum Gasteiger partial charge on any atom is 0.167 e. The average Bonchev–Trinajstić information content (AvgIpc) is 2.80. The van der Waals surface area contributed by atoms with Gasteiger partial charge in [-0.2, -0.15) is 0 Å². The van der Waals surface area contributed by atoms with Gasteiger partial charge in [-0.25, -0.2) is 9.37 Å². The first-order valence-electron chi connectivity index (χ1n) is 6.00. The predicted molar refractivity (Wildman–Crippen MR) is 68.1 cm³/mol. The number of nitrogens with one attached hydrogen (secondary N) is 1. The lowest BCUT2D eigenvalue weighted by molar-refractivity contribution is 0.570. The Morgan fingerprint density at radius 3 is 3.06 bits per heavy atom. The fourth-order valence-electron chi connectivity index (χ4n) is 2.23. The molecular formula is C12H17ClFN3. The third kappa shape index (κ3) is 2.87. The minimum atomic E-state index is -0.335. The highest BCUT2D eigenvalue weighted by molar-refractivity contribution is 6.30. The fraction of sp³-hybridized carbons (Fsp3) is 0.583. The Labute approximate surface area is 106 Å². The Bertz CT molecular complexity index is 380. The van der Waals surface area contributed by atoms with Gasteiger partial charge in [0.1, 0.15) is 0 Å². The summed E-state index contributed by atoms with van der Waals surface area (Å²) < 4.78 is 13.9. The summed E-state index contributed by atoms with van der Waals surface area (Å²) in [5, 5.41) is 3.63. The maximum atomic E-state index is 13.9. The van der Waals surface area contributed by atoms with E-state index in [-0.39, 0.29) is 5.82 Å². The molecule has 0 saturated carbocycles. The van der Waals surface area contributed by atoms with Crippen LogP contribution in [-0.4, -0.2) is 30.7 Å². The first-order valence-corrected chi connectivity index (χ1v) is 6.38. The molecule has 2 heterocycles. The van der Waals surface area contributed by atoms with Crippen molar-refractivity contribution < 1.29 is 4.39 Å². The molecule has 1 fully saturated rings. The van der Waals surface area contributed by atoms with Crippen molar-refractivity contribution in [2.45, 2.75) is 25.8 Å². The van der Waals surface area contributed by atoms with Crippen molar-refractivity contribution in [3.05, 3.63) is 23.1 Å². The molecule has 1 unspecified atom stereocenters. The van der Waals surface area contributed by atoms with E-state index in [0.29, 0.717) is 16.9 Å². The van der Waals surface area contributed by atoms with Gasteiger partial charge in [0.15, 0.2) is 11.6 Å². The first-order chi connectivity index (χ1) is 8.22. The first kappa shape index (κ1) is 12.6. The molecule has 5 heteroatoms. The van der Waals surface area contributed by atoms with Crippen LogP contribution in [0.4, 0.5) is 10.2 Å². The zero-order valence-electron chi connectivity index (χ0n) is 9.92. The minimum Gasteiger partial charge on any atom is -0.350 e. The Morgan fingerprint density at radius 2 is 2.47 bits per heavy atom. The SMILES string of the molecule is CCCN(c1ncc(Cl)cc1F)C1CCNC1. The summed E-state index contributed by atoms with van der Waals surface area (Å²) in [7, 11) is 0. The average molecular weight is 258 g/mol. The largest absolute Gasteiger partial charge is 0.350 e. The van der Waals surface area contributed by atoms with Gasteiger partial charge in [-0.15, -0.1) is 0 Å². The van der Waals surface area contributed by atoms with Crippen LogP contribution in [-0.2, 0) is 0 Å². The van der Waals surface area contributed by atoms with Crippen LogP contribution in [0, 0.1) is 5.82 Å². The van der Waals surface area contributed by atoms with Crippen molar-refractivity contribution in [1.82, 2.24) is 10.3 Å². The number of hydrogen-bond donors (Lipinski definition) is 1. The van der Waals surface area contributed by atoms with Gasteiger partial charge in [-0.3, -0.25) is 0 Å². The van der Waals surface area contributed by atoms with Crippen molar-refractivity contribution in [1.29, 1.82) is 0 Å². The normalized spacial score (nSPS) is 19.6. The lowest BCUT2D eigenvalue weighted by Gasteiger charge is -2.29. The molecule has 1 atom stereocenters. The van der Waals surface area contributed by atoms with E-state index < -0.39 is 0 Å². The highest BCUT2D eigenvalue weighted by Crippen LogP contribution is 2.23. The second kappa shape index (κ2) is 5.65. The van der Waals surface area contributed by atoms with Gasteiger partial charge in [0.2, 0.25) is 0 Å². The van der Waals surface area contributed by atoms with E-state index in [1.54, 1.807) is 0 Å². The van der Waals surface area contributed by atoms with Crippen LogP contribution in [0.2, 0.25) is 5.02 Å². The lowest BCUT2D eigenvalue weighted by atomic mass is 10.2. The van der Waals surface area contributed by atoms with Gasteiger partial charge >= 0.3 is 0 Å². The smallest absolute Gasteiger partial charge is 0.167 e. The highest BCUT2D eigenvalue weighted by Gasteiger charge is 2.24. The van der Waals surface area contributed by atoms with Crippen LogP contribution >= 0.6 is 11.6 Å². The summed E-state index contributed by atoms with van der Waals surface area (Å²) in [4.78, 5) is 6.18. The Kier molecular flexibility index (Phi) is 4.18. The zero-order valence-corrected chi connectivity index (χ0v) is 10.7. The van der Waals surface area contributed by atoms with Crippen LogP contribution < -0.4 is 10.2 Å². The molecule has 0 radical (unpaired) electrons. The molecule has 0 bridgehead atoms. The van der Waals surface area contributed by atoms with E-state index in [4.69, 9.17) is 11.6 Å². The molecule has 1 saturated heterocycles. The molecule has 3 nitrogen and oxygen atoms in total. The van der Waals surface area contributed by atoms with Gasteiger partial charge in [0.25, 0.3) is 0 Å². The summed E-state index contributed by atoms with van der Waals surface area (Å²) in [5.41, 5.74) is 0. The number of hydrogen-bond acceptors (Lipinski definition) is 3. The molecular weight excluding hydrogens is 241 g/mol. The van der Waals surface area contributed by atoms with E-state index in [1.165, 1.54) is 12.3 Å². The van der Waals surface area contributed by atoms with Gasteiger partial charge in [0.05, 0.1) is 5.02 Å². The summed E-state index contributed by atoms with van der Waals surface area (Å²) in [6.45, 7) is 4.78. The summed E-state index contributed by atoms with van der Waals surface area (Å²) in [6, 6.07) is 1.66. The number of halogens is 2. The molecule has 1 N–H and O–H groups in total. The molecule has 0 spiro atoms. The second-order valence-electron chi connectivity index (χ2n) is 4.30. The molecule has 1 aliphatic rings.